The van der Waals surface area contributed by atoms with E-state index in [2.05, 4.69) is 5.32 Å². The van der Waals surface area contributed by atoms with Crippen molar-refractivity contribution in [2.24, 2.45) is 11.8 Å². The number of urea groups is 1. The molecule has 3 unspecified atom stereocenters. The summed E-state index contributed by atoms with van der Waals surface area (Å²) in [5.41, 5.74) is 0. The molecule has 2 aliphatic rings. The van der Waals surface area contributed by atoms with Gasteiger partial charge < -0.3 is 24.8 Å². The number of fused-ring (bicyclic) bond motifs is 1. The van der Waals surface area contributed by atoms with Crippen molar-refractivity contribution < 1.29 is 24.2 Å². The summed E-state index contributed by atoms with van der Waals surface area (Å²) in [6, 6.07) is -0.973. The van der Waals surface area contributed by atoms with E-state index in [-0.39, 0.29) is 11.9 Å². The average Bonchev–Trinajstić information content (AvgIpc) is 3.01. The number of rotatable bonds is 7. The largest absolute Gasteiger partial charge is 0.480 e. The van der Waals surface area contributed by atoms with Gasteiger partial charge in [-0.25, -0.2) is 9.59 Å². The highest BCUT2D eigenvalue weighted by molar-refractivity contribution is 5.83. The van der Waals surface area contributed by atoms with Crippen LogP contribution in [0.1, 0.15) is 19.3 Å². The molecule has 2 amide bonds. The molecule has 0 spiro atoms. The number of carbonyl (C=O) groups excluding carboxylic acids is 1. The number of methoxy groups -OCH3 is 1. The quantitative estimate of drug-likeness (QED) is 0.670. The number of hydrogen-bond acceptors (Lipinski definition) is 4. The Morgan fingerprint density at radius 2 is 2.10 bits per heavy atom. The third kappa shape index (κ3) is 3.85. The van der Waals surface area contributed by atoms with Crippen LogP contribution in [-0.4, -0.2) is 68.1 Å². The normalized spacial score (nSPS) is 27.7. The van der Waals surface area contributed by atoms with Crippen molar-refractivity contribution in [3.05, 3.63) is 0 Å². The molecule has 2 rings (SSSR count). The van der Waals surface area contributed by atoms with E-state index in [1.807, 2.05) is 0 Å². The molecular weight excluding hydrogens is 276 g/mol. The van der Waals surface area contributed by atoms with E-state index in [9.17, 15) is 14.7 Å². The fourth-order valence-electron chi connectivity index (χ4n) is 3.41. The first-order chi connectivity index (χ1) is 10.1. The molecule has 0 aromatic carbocycles. The number of amides is 2. The topological polar surface area (TPSA) is 88.1 Å². The number of likely N-dealkylation sites (tertiary alicyclic amines) is 1. The zero-order valence-electron chi connectivity index (χ0n) is 12.4. The highest BCUT2D eigenvalue weighted by Crippen LogP contribution is 2.42. The van der Waals surface area contributed by atoms with Crippen molar-refractivity contribution in [2.45, 2.75) is 25.3 Å². The van der Waals surface area contributed by atoms with Crippen LogP contribution in [0.4, 0.5) is 4.79 Å². The lowest BCUT2D eigenvalue weighted by Gasteiger charge is -2.24. The molecule has 1 saturated carbocycles. The van der Waals surface area contributed by atoms with Crippen LogP contribution < -0.4 is 5.32 Å². The molecule has 0 bridgehead atoms. The predicted molar refractivity (Wildman–Crippen MR) is 75.1 cm³/mol. The molecule has 1 saturated heterocycles. The minimum absolute atomic E-state index is 0.117. The number of nitrogens with one attached hydrogen (secondary N) is 1. The first-order valence-electron chi connectivity index (χ1n) is 7.49. The fraction of sp³-hybridized carbons (Fsp3) is 0.857. The van der Waals surface area contributed by atoms with Crippen molar-refractivity contribution in [3.63, 3.8) is 0 Å². The molecule has 1 heterocycles. The van der Waals surface area contributed by atoms with Crippen LogP contribution in [0.5, 0.6) is 0 Å². The van der Waals surface area contributed by atoms with Crippen LogP contribution >= 0.6 is 0 Å². The zero-order valence-corrected chi connectivity index (χ0v) is 12.4. The lowest BCUT2D eigenvalue weighted by Crippen LogP contribution is -2.48. The Kier molecular flexibility index (Phi) is 5.81. The summed E-state index contributed by atoms with van der Waals surface area (Å²) in [5, 5.41) is 12.1. The van der Waals surface area contributed by atoms with Gasteiger partial charge in [-0.3, -0.25) is 0 Å². The third-order valence-electron chi connectivity index (χ3n) is 4.36. The number of carbonyl (C=O) groups is 2. The van der Waals surface area contributed by atoms with E-state index in [1.165, 1.54) is 4.90 Å². The molecule has 1 aliphatic carbocycles. The maximum absolute atomic E-state index is 12.2. The van der Waals surface area contributed by atoms with E-state index >= 15 is 0 Å². The molecule has 0 radical (unpaired) electrons. The Labute approximate surface area is 124 Å². The van der Waals surface area contributed by atoms with E-state index in [0.717, 1.165) is 19.3 Å². The van der Waals surface area contributed by atoms with Gasteiger partial charge in [-0.1, -0.05) is 6.42 Å². The molecule has 21 heavy (non-hydrogen) atoms. The van der Waals surface area contributed by atoms with Gasteiger partial charge in [0.2, 0.25) is 0 Å². The molecule has 2 N–H and O–H groups in total. The SMILES string of the molecule is COCCOCCNC(=O)N1CC2CCCC2C1C(=O)O. The summed E-state index contributed by atoms with van der Waals surface area (Å²) in [6.45, 7) is 2.33. The molecule has 2 fully saturated rings. The van der Waals surface area contributed by atoms with Gasteiger partial charge in [-0.15, -0.1) is 0 Å². The van der Waals surface area contributed by atoms with Gasteiger partial charge in [0, 0.05) is 20.2 Å². The third-order valence-corrected chi connectivity index (χ3v) is 4.36. The Morgan fingerprint density at radius 1 is 1.29 bits per heavy atom. The lowest BCUT2D eigenvalue weighted by atomic mass is 9.94. The maximum Gasteiger partial charge on any atom is 0.326 e. The summed E-state index contributed by atoms with van der Waals surface area (Å²) < 4.78 is 10.1. The second kappa shape index (κ2) is 7.61. The number of aliphatic carboxylic acids is 1. The summed E-state index contributed by atoms with van der Waals surface area (Å²) in [7, 11) is 1.60. The number of ether oxygens (including phenoxy) is 2. The number of carboxylic acid groups (broad SMARTS) is 1. The summed E-state index contributed by atoms with van der Waals surface area (Å²) >= 11 is 0. The van der Waals surface area contributed by atoms with E-state index < -0.39 is 12.0 Å². The maximum atomic E-state index is 12.2. The van der Waals surface area contributed by atoms with E-state index in [0.29, 0.717) is 38.8 Å². The van der Waals surface area contributed by atoms with Crippen LogP contribution in [0.3, 0.4) is 0 Å². The van der Waals surface area contributed by atoms with Gasteiger partial charge in [-0.2, -0.15) is 0 Å². The average molecular weight is 300 g/mol. The first-order valence-corrected chi connectivity index (χ1v) is 7.49. The van der Waals surface area contributed by atoms with Crippen LogP contribution in [0.15, 0.2) is 0 Å². The van der Waals surface area contributed by atoms with Crippen molar-refractivity contribution in [3.8, 4) is 0 Å². The number of carboxylic acids is 1. The molecule has 0 aromatic heterocycles. The second-order valence-corrected chi connectivity index (χ2v) is 5.63. The van der Waals surface area contributed by atoms with Crippen LogP contribution in [0, 0.1) is 11.8 Å². The molecule has 7 nitrogen and oxygen atoms in total. The van der Waals surface area contributed by atoms with Gasteiger partial charge in [-0.05, 0) is 24.7 Å². The number of nitrogens with zero attached hydrogens (tertiary/aromatic N) is 1. The summed E-state index contributed by atoms with van der Waals surface area (Å²) in [6.07, 6.45) is 3.01. The molecular formula is C14H24N2O5. The Morgan fingerprint density at radius 3 is 2.81 bits per heavy atom. The molecule has 7 heteroatoms. The lowest BCUT2D eigenvalue weighted by molar-refractivity contribution is -0.142. The monoisotopic (exact) mass is 300 g/mol. The van der Waals surface area contributed by atoms with Crippen LogP contribution in [-0.2, 0) is 14.3 Å². The van der Waals surface area contributed by atoms with E-state index in [1.54, 1.807) is 7.11 Å². The van der Waals surface area contributed by atoms with Crippen LogP contribution in [0.2, 0.25) is 0 Å². The van der Waals surface area contributed by atoms with Gasteiger partial charge in [0.05, 0.1) is 19.8 Å². The van der Waals surface area contributed by atoms with Crippen molar-refractivity contribution in [2.75, 3.05) is 40.0 Å². The smallest absolute Gasteiger partial charge is 0.326 e. The molecule has 1 aliphatic heterocycles. The van der Waals surface area contributed by atoms with E-state index in [4.69, 9.17) is 9.47 Å². The molecule has 3 atom stereocenters. The summed E-state index contributed by atoms with van der Waals surface area (Å²) in [4.78, 5) is 25.1. The summed E-state index contributed by atoms with van der Waals surface area (Å²) in [5.74, 6) is -0.433. The van der Waals surface area contributed by atoms with Gasteiger partial charge in [0.1, 0.15) is 6.04 Å². The first kappa shape index (κ1) is 16.0. The van der Waals surface area contributed by atoms with Crippen molar-refractivity contribution in [1.82, 2.24) is 10.2 Å². The zero-order chi connectivity index (χ0) is 15.2. The Bertz CT molecular complexity index is 376. The van der Waals surface area contributed by atoms with Crippen LogP contribution in [0.25, 0.3) is 0 Å². The molecule has 0 aromatic rings. The minimum atomic E-state index is -0.893. The highest BCUT2D eigenvalue weighted by Gasteiger charge is 2.49. The van der Waals surface area contributed by atoms with Gasteiger partial charge in [0.25, 0.3) is 0 Å². The Balaban J connectivity index is 1.77. The van der Waals surface area contributed by atoms with Gasteiger partial charge in [0.15, 0.2) is 0 Å². The van der Waals surface area contributed by atoms with Crippen molar-refractivity contribution in [1.29, 1.82) is 0 Å². The fourth-order valence-corrected chi connectivity index (χ4v) is 3.41. The Hall–Kier alpha value is -1.34. The second-order valence-electron chi connectivity index (χ2n) is 5.63. The highest BCUT2D eigenvalue weighted by atomic mass is 16.5. The standard InChI is InChI=1S/C14H24N2O5/c1-20-7-8-21-6-5-15-14(19)16-9-10-3-2-4-11(10)12(16)13(17)18/h10-12H,2-9H2,1H3,(H,15,19)(H,17,18). The number of hydrogen-bond donors (Lipinski definition) is 2. The minimum Gasteiger partial charge on any atom is -0.480 e. The van der Waals surface area contributed by atoms with Gasteiger partial charge >= 0.3 is 12.0 Å². The predicted octanol–water partition coefficient (Wildman–Crippen LogP) is 0.544. The molecule has 120 valence electrons. The van der Waals surface area contributed by atoms with Crippen molar-refractivity contribution >= 4 is 12.0 Å².